The third-order valence-corrected chi connectivity index (χ3v) is 5.31. The van der Waals surface area contributed by atoms with E-state index in [9.17, 15) is 4.39 Å². The average Bonchev–Trinajstić information content (AvgIpc) is 3.30. The monoisotopic (exact) mass is 380 g/mol. The molecule has 0 amide bonds. The molecular weight excluding hydrogens is 363 g/mol. The molecule has 1 saturated heterocycles. The van der Waals surface area contributed by atoms with Crippen molar-refractivity contribution < 1.29 is 13.7 Å². The van der Waals surface area contributed by atoms with Crippen molar-refractivity contribution in [3.8, 4) is 11.6 Å². The van der Waals surface area contributed by atoms with E-state index in [0.717, 1.165) is 43.0 Å². The summed E-state index contributed by atoms with van der Waals surface area (Å²) in [5.41, 5.74) is 1.79. The molecule has 2 aliphatic rings. The van der Waals surface area contributed by atoms with E-state index < -0.39 is 0 Å². The van der Waals surface area contributed by atoms with Crippen LogP contribution in [0.4, 0.5) is 10.2 Å². The third kappa shape index (κ3) is 2.46. The van der Waals surface area contributed by atoms with E-state index in [0.29, 0.717) is 41.9 Å². The Labute approximate surface area is 158 Å². The average molecular weight is 380 g/mol. The smallest absolute Gasteiger partial charge is 0.280 e. The predicted octanol–water partition coefficient (Wildman–Crippen LogP) is 2.79. The first kappa shape index (κ1) is 15.9. The van der Waals surface area contributed by atoms with Gasteiger partial charge in [-0.2, -0.15) is 4.98 Å². The van der Waals surface area contributed by atoms with Gasteiger partial charge in [0.2, 0.25) is 0 Å². The molecule has 0 radical (unpaired) electrons. The van der Waals surface area contributed by atoms with Crippen molar-refractivity contribution in [3.05, 3.63) is 36.2 Å². The molecule has 2 fully saturated rings. The molecule has 4 heterocycles. The molecule has 6 rings (SSSR count). The lowest BCUT2D eigenvalue weighted by Crippen LogP contribution is -2.37. The molecule has 0 spiro atoms. The second kappa shape index (κ2) is 5.96. The highest BCUT2D eigenvalue weighted by Crippen LogP contribution is 2.39. The van der Waals surface area contributed by atoms with Gasteiger partial charge in [-0.05, 0) is 31.0 Å². The number of halogens is 1. The van der Waals surface area contributed by atoms with Gasteiger partial charge in [-0.15, -0.1) is 0 Å². The lowest BCUT2D eigenvalue weighted by Gasteiger charge is -2.29. The highest BCUT2D eigenvalue weighted by Gasteiger charge is 2.30. The Kier molecular flexibility index (Phi) is 3.39. The van der Waals surface area contributed by atoms with Crippen molar-refractivity contribution in [2.24, 2.45) is 0 Å². The summed E-state index contributed by atoms with van der Waals surface area (Å²) < 4.78 is 26.7. The first-order chi connectivity index (χ1) is 13.8. The van der Waals surface area contributed by atoms with E-state index in [4.69, 9.17) is 14.2 Å². The largest absolute Gasteiger partial charge is 0.378 e. The Morgan fingerprint density at radius 2 is 1.96 bits per heavy atom. The van der Waals surface area contributed by atoms with Gasteiger partial charge in [0.1, 0.15) is 18.0 Å². The summed E-state index contributed by atoms with van der Waals surface area (Å²) in [4.78, 5) is 16.0. The summed E-state index contributed by atoms with van der Waals surface area (Å²) in [5.74, 6) is 1.93. The van der Waals surface area contributed by atoms with Gasteiger partial charge in [0.15, 0.2) is 17.2 Å². The van der Waals surface area contributed by atoms with Crippen LogP contribution in [-0.2, 0) is 4.74 Å². The third-order valence-electron chi connectivity index (χ3n) is 5.31. The number of aromatic nitrogens is 5. The maximum Gasteiger partial charge on any atom is 0.280 e. The molecule has 4 aromatic rings. The predicted molar refractivity (Wildman–Crippen MR) is 98.8 cm³/mol. The molecule has 1 aliphatic heterocycles. The van der Waals surface area contributed by atoms with Gasteiger partial charge in [-0.1, -0.05) is 5.16 Å². The number of hydrogen-bond acceptors (Lipinski definition) is 7. The topological polar surface area (TPSA) is 81.6 Å². The Morgan fingerprint density at radius 3 is 2.79 bits per heavy atom. The fourth-order valence-electron chi connectivity index (χ4n) is 3.68. The molecule has 0 unspecified atom stereocenters. The molecular formula is C19H17FN6O2. The van der Waals surface area contributed by atoms with Crippen molar-refractivity contribution >= 4 is 22.4 Å². The number of nitrogens with zero attached hydrogens (tertiary/aromatic N) is 6. The highest BCUT2D eigenvalue weighted by molar-refractivity contribution is 5.93. The fraction of sp³-hybridized carbons (Fsp3) is 0.368. The first-order valence-electron chi connectivity index (χ1n) is 9.41. The van der Waals surface area contributed by atoms with E-state index >= 15 is 0 Å². The van der Waals surface area contributed by atoms with E-state index in [1.165, 1.54) is 12.1 Å². The number of benzene rings is 1. The Bertz CT molecular complexity index is 1190. The molecule has 9 heteroatoms. The maximum absolute atomic E-state index is 14.0. The normalized spacial score (nSPS) is 17.7. The van der Waals surface area contributed by atoms with E-state index in [-0.39, 0.29) is 5.82 Å². The Morgan fingerprint density at radius 1 is 1.11 bits per heavy atom. The SMILES string of the molecule is Fc1ccc2c(N3CCOCC3)nc3c(-c4nc(C5CC5)no4)ncn3c2c1. The molecule has 1 aromatic carbocycles. The quantitative estimate of drug-likeness (QED) is 0.540. The molecule has 1 saturated carbocycles. The van der Waals surface area contributed by atoms with Gasteiger partial charge in [0.25, 0.3) is 5.89 Å². The lowest BCUT2D eigenvalue weighted by atomic mass is 10.2. The minimum atomic E-state index is -0.308. The van der Waals surface area contributed by atoms with E-state index in [2.05, 4.69) is 20.0 Å². The number of imidazole rings is 1. The summed E-state index contributed by atoms with van der Waals surface area (Å²) in [7, 11) is 0. The van der Waals surface area contributed by atoms with Crippen LogP contribution in [0.2, 0.25) is 0 Å². The number of fused-ring (bicyclic) bond motifs is 3. The minimum absolute atomic E-state index is 0.308. The molecule has 8 nitrogen and oxygen atoms in total. The van der Waals surface area contributed by atoms with Crippen LogP contribution >= 0.6 is 0 Å². The molecule has 3 aromatic heterocycles. The summed E-state index contributed by atoms with van der Waals surface area (Å²) >= 11 is 0. The molecule has 142 valence electrons. The summed E-state index contributed by atoms with van der Waals surface area (Å²) in [6, 6.07) is 4.72. The minimum Gasteiger partial charge on any atom is -0.378 e. The van der Waals surface area contributed by atoms with Crippen LogP contribution in [0.25, 0.3) is 28.1 Å². The number of ether oxygens (including phenoxy) is 1. The second-order valence-corrected chi connectivity index (χ2v) is 7.22. The van der Waals surface area contributed by atoms with Crippen molar-refractivity contribution in [1.82, 2.24) is 24.5 Å². The van der Waals surface area contributed by atoms with Crippen molar-refractivity contribution in [2.45, 2.75) is 18.8 Å². The molecule has 0 atom stereocenters. The Hall–Kier alpha value is -3.07. The summed E-state index contributed by atoms with van der Waals surface area (Å²) in [5, 5.41) is 4.94. The van der Waals surface area contributed by atoms with Gasteiger partial charge in [-0.25, -0.2) is 14.4 Å². The molecule has 28 heavy (non-hydrogen) atoms. The van der Waals surface area contributed by atoms with Crippen LogP contribution in [0.5, 0.6) is 0 Å². The zero-order valence-electron chi connectivity index (χ0n) is 15.0. The van der Waals surface area contributed by atoms with Crippen molar-refractivity contribution in [3.63, 3.8) is 0 Å². The maximum atomic E-state index is 14.0. The number of morpholine rings is 1. The number of anilines is 1. The van der Waals surface area contributed by atoms with Crippen LogP contribution in [0.15, 0.2) is 29.0 Å². The summed E-state index contributed by atoms with van der Waals surface area (Å²) in [6.07, 6.45) is 3.81. The first-order valence-corrected chi connectivity index (χ1v) is 9.41. The Balaban J connectivity index is 1.58. The fourth-order valence-corrected chi connectivity index (χ4v) is 3.68. The van der Waals surface area contributed by atoms with Gasteiger partial charge in [0, 0.05) is 24.4 Å². The number of rotatable bonds is 3. The van der Waals surface area contributed by atoms with Crippen LogP contribution in [-0.4, -0.2) is 50.8 Å². The zero-order valence-corrected chi connectivity index (χ0v) is 15.0. The van der Waals surface area contributed by atoms with Crippen LogP contribution in [0.1, 0.15) is 24.6 Å². The molecule has 0 bridgehead atoms. The standard InChI is InChI=1S/C19H17FN6O2/c20-12-3-4-13-14(9-12)26-10-21-15(19-22-16(24-28-19)11-1-2-11)18(26)23-17(13)25-5-7-27-8-6-25/h3-4,9-11H,1-2,5-8H2. The van der Waals surface area contributed by atoms with Crippen LogP contribution in [0, 0.1) is 5.82 Å². The zero-order chi connectivity index (χ0) is 18.7. The lowest BCUT2D eigenvalue weighted by molar-refractivity contribution is 0.122. The molecule has 1 aliphatic carbocycles. The van der Waals surface area contributed by atoms with Gasteiger partial charge in [-0.3, -0.25) is 4.40 Å². The molecule has 0 N–H and O–H groups in total. The van der Waals surface area contributed by atoms with E-state index in [1.54, 1.807) is 16.8 Å². The van der Waals surface area contributed by atoms with Gasteiger partial charge >= 0.3 is 0 Å². The van der Waals surface area contributed by atoms with E-state index in [1.807, 2.05) is 0 Å². The van der Waals surface area contributed by atoms with Gasteiger partial charge < -0.3 is 14.2 Å². The van der Waals surface area contributed by atoms with Gasteiger partial charge in [0.05, 0.1) is 18.7 Å². The highest BCUT2D eigenvalue weighted by atomic mass is 19.1. The second-order valence-electron chi connectivity index (χ2n) is 7.22. The van der Waals surface area contributed by atoms with Crippen molar-refractivity contribution in [1.29, 1.82) is 0 Å². The van der Waals surface area contributed by atoms with Crippen molar-refractivity contribution in [2.75, 3.05) is 31.2 Å². The van der Waals surface area contributed by atoms with Crippen LogP contribution in [0.3, 0.4) is 0 Å². The number of hydrogen-bond donors (Lipinski definition) is 0. The summed E-state index contributed by atoms with van der Waals surface area (Å²) in [6.45, 7) is 2.73. The van der Waals surface area contributed by atoms with Crippen LogP contribution < -0.4 is 4.90 Å².